The minimum Gasteiger partial charge on any atom is -0.334 e. The van der Waals surface area contributed by atoms with Gasteiger partial charge in [0, 0.05) is 19.1 Å². The van der Waals surface area contributed by atoms with Crippen molar-refractivity contribution in [3.63, 3.8) is 0 Å². The molecule has 3 nitrogen and oxygen atoms in total. The Morgan fingerprint density at radius 1 is 1.69 bits per heavy atom. The van der Waals surface area contributed by atoms with Crippen molar-refractivity contribution in [2.24, 2.45) is 0 Å². The van der Waals surface area contributed by atoms with Crippen LogP contribution in [0.5, 0.6) is 0 Å². The van der Waals surface area contributed by atoms with Crippen LogP contribution in [0.15, 0.2) is 0 Å². The normalized spacial score (nSPS) is 22.3. The summed E-state index contributed by atoms with van der Waals surface area (Å²) in [5, 5.41) is 3.04. The third-order valence-electron chi connectivity index (χ3n) is 2.29. The van der Waals surface area contributed by atoms with E-state index in [1.165, 1.54) is 4.90 Å². The Labute approximate surface area is 76.1 Å². The largest absolute Gasteiger partial charge is 0.334 e. The Hall–Kier alpha value is -0.710. The first-order valence-corrected chi connectivity index (χ1v) is 4.46. The summed E-state index contributed by atoms with van der Waals surface area (Å²) in [7, 11) is 0. The molecule has 1 heterocycles. The zero-order valence-electron chi connectivity index (χ0n) is 7.59. The van der Waals surface area contributed by atoms with Gasteiger partial charge in [0.05, 0.1) is 0 Å². The van der Waals surface area contributed by atoms with E-state index in [9.17, 15) is 13.6 Å². The zero-order chi connectivity index (χ0) is 9.84. The van der Waals surface area contributed by atoms with Gasteiger partial charge in [0.1, 0.15) is 0 Å². The molecular weight excluding hydrogens is 178 g/mol. The van der Waals surface area contributed by atoms with Crippen LogP contribution in [0, 0.1) is 0 Å². The number of alkyl halides is 2. The average molecular weight is 192 g/mol. The lowest BCUT2D eigenvalue weighted by Crippen LogP contribution is -2.44. The summed E-state index contributed by atoms with van der Waals surface area (Å²) in [6.07, 6.45) is -2.10. The molecule has 1 amide bonds. The molecule has 0 radical (unpaired) electrons. The molecule has 1 atom stereocenters. The fraction of sp³-hybridized carbons (Fsp3) is 0.875. The Bertz CT molecular complexity index is 181. The van der Waals surface area contributed by atoms with E-state index < -0.39 is 12.3 Å². The van der Waals surface area contributed by atoms with Gasteiger partial charge in [-0.25, -0.2) is 0 Å². The molecule has 1 aliphatic rings. The van der Waals surface area contributed by atoms with Crippen molar-refractivity contribution < 1.29 is 13.6 Å². The van der Waals surface area contributed by atoms with E-state index in [2.05, 4.69) is 5.32 Å². The molecule has 0 spiro atoms. The van der Waals surface area contributed by atoms with Crippen LogP contribution < -0.4 is 5.32 Å². The Morgan fingerprint density at radius 3 is 2.77 bits per heavy atom. The first-order chi connectivity index (χ1) is 6.16. The Kier molecular flexibility index (Phi) is 3.59. The van der Waals surface area contributed by atoms with Crippen LogP contribution in [-0.2, 0) is 4.79 Å². The van der Waals surface area contributed by atoms with Crippen LogP contribution in [-0.4, -0.2) is 42.9 Å². The van der Waals surface area contributed by atoms with Gasteiger partial charge in [-0.1, -0.05) is 0 Å². The molecule has 0 aliphatic carbocycles. The number of carbonyl (C=O) groups is 1. The molecule has 0 saturated carbocycles. The van der Waals surface area contributed by atoms with Crippen molar-refractivity contribution in [2.45, 2.75) is 25.8 Å². The number of nitrogens with zero attached hydrogens (tertiary/aromatic N) is 1. The molecule has 0 aromatic carbocycles. The third kappa shape index (κ3) is 2.37. The van der Waals surface area contributed by atoms with Crippen LogP contribution in [0.25, 0.3) is 0 Å². The molecule has 1 aliphatic heterocycles. The molecule has 0 aromatic rings. The minimum atomic E-state index is -2.87. The van der Waals surface area contributed by atoms with E-state index in [4.69, 9.17) is 0 Å². The maximum atomic E-state index is 12.1. The predicted octanol–water partition coefficient (Wildman–Crippen LogP) is 0.462. The molecule has 13 heavy (non-hydrogen) atoms. The SMILES string of the molecule is CCN(C(=O)C(F)F)C1CCNC1. The van der Waals surface area contributed by atoms with Gasteiger partial charge >= 0.3 is 6.43 Å². The molecule has 5 heteroatoms. The highest BCUT2D eigenvalue weighted by molar-refractivity contribution is 5.79. The number of halogens is 2. The summed E-state index contributed by atoms with van der Waals surface area (Å²) in [4.78, 5) is 12.3. The second kappa shape index (κ2) is 4.50. The molecule has 0 bridgehead atoms. The van der Waals surface area contributed by atoms with E-state index >= 15 is 0 Å². The number of rotatable bonds is 3. The van der Waals surface area contributed by atoms with Gasteiger partial charge in [-0.2, -0.15) is 8.78 Å². The standard InChI is InChI=1S/C8H14F2N2O/c1-2-12(8(13)7(9)10)6-3-4-11-5-6/h6-7,11H,2-5H2,1H3. The lowest BCUT2D eigenvalue weighted by molar-refractivity contribution is -0.144. The van der Waals surface area contributed by atoms with Gasteiger partial charge in [-0.3, -0.25) is 4.79 Å². The van der Waals surface area contributed by atoms with Crippen molar-refractivity contribution in [1.29, 1.82) is 0 Å². The summed E-state index contributed by atoms with van der Waals surface area (Å²) < 4.78 is 24.2. The van der Waals surface area contributed by atoms with E-state index in [1.54, 1.807) is 6.92 Å². The monoisotopic (exact) mass is 192 g/mol. The molecule has 76 valence electrons. The fourth-order valence-corrected chi connectivity index (χ4v) is 1.62. The van der Waals surface area contributed by atoms with E-state index in [-0.39, 0.29) is 6.04 Å². The van der Waals surface area contributed by atoms with Crippen molar-refractivity contribution in [1.82, 2.24) is 10.2 Å². The summed E-state index contributed by atoms with van der Waals surface area (Å²) >= 11 is 0. The third-order valence-corrected chi connectivity index (χ3v) is 2.29. The molecule has 1 fully saturated rings. The summed E-state index contributed by atoms with van der Waals surface area (Å²) in [5.41, 5.74) is 0. The van der Waals surface area contributed by atoms with Crippen LogP contribution in [0.1, 0.15) is 13.3 Å². The lowest BCUT2D eigenvalue weighted by Gasteiger charge is -2.26. The maximum absolute atomic E-state index is 12.1. The predicted molar refractivity (Wildman–Crippen MR) is 44.7 cm³/mol. The zero-order valence-corrected chi connectivity index (χ0v) is 7.59. The smallest absolute Gasteiger partial charge is 0.315 e. The van der Waals surface area contributed by atoms with Gasteiger partial charge in [-0.05, 0) is 19.9 Å². The van der Waals surface area contributed by atoms with Crippen LogP contribution in [0.2, 0.25) is 0 Å². The topological polar surface area (TPSA) is 32.3 Å². The number of hydrogen-bond donors (Lipinski definition) is 1. The lowest BCUT2D eigenvalue weighted by atomic mass is 10.2. The van der Waals surface area contributed by atoms with Crippen molar-refractivity contribution in [3.05, 3.63) is 0 Å². The minimum absolute atomic E-state index is 0.0495. The van der Waals surface area contributed by atoms with E-state index in [0.717, 1.165) is 13.0 Å². The first-order valence-electron chi connectivity index (χ1n) is 4.46. The quantitative estimate of drug-likeness (QED) is 0.704. The second-order valence-corrected chi connectivity index (χ2v) is 3.07. The second-order valence-electron chi connectivity index (χ2n) is 3.07. The molecule has 1 saturated heterocycles. The summed E-state index contributed by atoms with van der Waals surface area (Å²) in [6, 6.07) is -0.0495. The molecule has 0 aromatic heterocycles. The summed E-state index contributed by atoms with van der Waals surface area (Å²) in [5.74, 6) is -1.05. The van der Waals surface area contributed by atoms with Crippen molar-refractivity contribution in [3.8, 4) is 0 Å². The van der Waals surface area contributed by atoms with E-state index in [0.29, 0.717) is 13.1 Å². The Balaban J connectivity index is 2.55. The van der Waals surface area contributed by atoms with Crippen molar-refractivity contribution >= 4 is 5.91 Å². The van der Waals surface area contributed by atoms with Crippen LogP contribution in [0.4, 0.5) is 8.78 Å². The number of carbonyl (C=O) groups excluding carboxylic acids is 1. The van der Waals surface area contributed by atoms with Gasteiger partial charge in [-0.15, -0.1) is 0 Å². The number of amides is 1. The van der Waals surface area contributed by atoms with Crippen LogP contribution in [0.3, 0.4) is 0 Å². The highest BCUT2D eigenvalue weighted by atomic mass is 19.3. The maximum Gasteiger partial charge on any atom is 0.315 e. The summed E-state index contributed by atoms with van der Waals surface area (Å²) in [6.45, 7) is 3.51. The molecule has 1 unspecified atom stereocenters. The van der Waals surface area contributed by atoms with Crippen molar-refractivity contribution in [2.75, 3.05) is 19.6 Å². The highest BCUT2D eigenvalue weighted by Crippen LogP contribution is 2.11. The molecule has 1 rings (SSSR count). The Morgan fingerprint density at radius 2 is 2.38 bits per heavy atom. The van der Waals surface area contributed by atoms with Gasteiger partial charge in [0.2, 0.25) is 0 Å². The van der Waals surface area contributed by atoms with Gasteiger partial charge in [0.15, 0.2) is 0 Å². The highest BCUT2D eigenvalue weighted by Gasteiger charge is 2.29. The van der Waals surface area contributed by atoms with Gasteiger partial charge in [0.25, 0.3) is 5.91 Å². The fourth-order valence-electron chi connectivity index (χ4n) is 1.62. The van der Waals surface area contributed by atoms with E-state index in [1.807, 2.05) is 0 Å². The van der Waals surface area contributed by atoms with Crippen LogP contribution >= 0.6 is 0 Å². The molecular formula is C8H14F2N2O. The number of hydrogen-bond acceptors (Lipinski definition) is 2. The average Bonchev–Trinajstić information content (AvgIpc) is 2.58. The number of likely N-dealkylation sites (N-methyl/N-ethyl adjacent to an activating group) is 1. The van der Waals surface area contributed by atoms with Gasteiger partial charge < -0.3 is 10.2 Å². The molecule has 1 N–H and O–H groups in total. The first kappa shape index (κ1) is 10.4. The number of nitrogens with one attached hydrogen (secondary N) is 1.